The molecule has 0 bridgehead atoms. The molecule has 22 heavy (non-hydrogen) atoms. The normalized spacial score (nSPS) is 18.5. The first-order valence-electron chi connectivity index (χ1n) is 7.88. The molecule has 1 N–H and O–H groups in total. The Morgan fingerprint density at radius 2 is 2.23 bits per heavy atom. The van der Waals surface area contributed by atoms with Crippen molar-refractivity contribution in [1.29, 1.82) is 0 Å². The van der Waals surface area contributed by atoms with Crippen LogP contribution in [0, 0.1) is 0 Å². The Hall–Kier alpha value is -1.30. The van der Waals surface area contributed by atoms with Crippen molar-refractivity contribution < 1.29 is 9.47 Å². The molecule has 1 aliphatic rings. The molecule has 0 radical (unpaired) electrons. The lowest BCUT2D eigenvalue weighted by Gasteiger charge is -2.22. The number of aromatic amines is 1. The highest BCUT2D eigenvalue weighted by Gasteiger charge is 2.13. The molecular weight excluding hydrogens is 296 g/mol. The summed E-state index contributed by atoms with van der Waals surface area (Å²) in [5.41, 5.74) is 2.27. The zero-order chi connectivity index (χ0) is 15.0. The van der Waals surface area contributed by atoms with Crippen molar-refractivity contribution >= 4 is 11.8 Å². The van der Waals surface area contributed by atoms with Crippen LogP contribution in [0.1, 0.15) is 25.7 Å². The number of nitrogens with one attached hydrogen (secondary N) is 1. The summed E-state index contributed by atoms with van der Waals surface area (Å²) < 4.78 is 11.3. The number of benzene rings is 1. The lowest BCUT2D eigenvalue weighted by molar-refractivity contribution is -0.162. The maximum absolute atomic E-state index is 5.77. The molecule has 2 aromatic rings. The Bertz CT molecular complexity index is 554. The molecule has 1 aliphatic heterocycles. The fraction of sp³-hybridized carbons (Fsp3) is 0.471. The molecule has 2 heterocycles. The SMILES string of the molecule is c1ccc(-c2ccn[nH]2)c(SCCCOC2CCCCO2)c1. The minimum atomic E-state index is 0.0241. The zero-order valence-corrected chi connectivity index (χ0v) is 13.5. The Morgan fingerprint density at radius 1 is 1.27 bits per heavy atom. The summed E-state index contributed by atoms with van der Waals surface area (Å²) in [5.74, 6) is 1.04. The first-order chi connectivity index (χ1) is 10.9. The van der Waals surface area contributed by atoms with Gasteiger partial charge in [0.05, 0.1) is 12.3 Å². The third-order valence-electron chi connectivity index (χ3n) is 3.67. The highest BCUT2D eigenvalue weighted by molar-refractivity contribution is 7.99. The quantitative estimate of drug-likeness (QED) is 0.617. The number of aromatic nitrogens is 2. The van der Waals surface area contributed by atoms with E-state index in [0.717, 1.165) is 37.5 Å². The van der Waals surface area contributed by atoms with Gasteiger partial charge in [-0.2, -0.15) is 5.10 Å². The molecule has 0 aliphatic carbocycles. The van der Waals surface area contributed by atoms with Crippen LogP contribution in [-0.2, 0) is 9.47 Å². The number of hydrogen-bond donors (Lipinski definition) is 1. The van der Waals surface area contributed by atoms with Crippen LogP contribution in [0.15, 0.2) is 41.4 Å². The Kier molecular flexibility index (Phi) is 5.93. The number of hydrogen-bond acceptors (Lipinski definition) is 4. The first-order valence-corrected chi connectivity index (χ1v) is 8.87. The molecule has 4 nitrogen and oxygen atoms in total. The van der Waals surface area contributed by atoms with Gasteiger partial charge in [-0.1, -0.05) is 18.2 Å². The summed E-state index contributed by atoms with van der Waals surface area (Å²) >= 11 is 1.86. The van der Waals surface area contributed by atoms with E-state index in [4.69, 9.17) is 9.47 Å². The summed E-state index contributed by atoms with van der Waals surface area (Å²) in [6.07, 6.45) is 6.26. The minimum absolute atomic E-state index is 0.0241. The molecule has 1 fully saturated rings. The smallest absolute Gasteiger partial charge is 0.157 e. The average molecular weight is 318 g/mol. The van der Waals surface area contributed by atoms with Gasteiger partial charge in [-0.05, 0) is 37.8 Å². The summed E-state index contributed by atoms with van der Waals surface area (Å²) in [7, 11) is 0. The molecule has 0 spiro atoms. The van der Waals surface area contributed by atoms with E-state index in [-0.39, 0.29) is 6.29 Å². The molecular formula is C17H22N2O2S. The fourth-order valence-corrected chi connectivity index (χ4v) is 3.51. The van der Waals surface area contributed by atoms with Crippen molar-refractivity contribution in [2.24, 2.45) is 0 Å². The van der Waals surface area contributed by atoms with Crippen LogP contribution in [0.4, 0.5) is 0 Å². The number of H-pyrrole nitrogens is 1. The summed E-state index contributed by atoms with van der Waals surface area (Å²) in [5, 5.41) is 7.07. The lowest BCUT2D eigenvalue weighted by Crippen LogP contribution is -2.22. The van der Waals surface area contributed by atoms with Gasteiger partial charge in [0, 0.05) is 29.0 Å². The van der Waals surface area contributed by atoms with Gasteiger partial charge in [0.15, 0.2) is 6.29 Å². The minimum Gasteiger partial charge on any atom is -0.353 e. The summed E-state index contributed by atoms with van der Waals surface area (Å²) in [4.78, 5) is 1.28. The van der Waals surface area contributed by atoms with E-state index in [9.17, 15) is 0 Å². The monoisotopic (exact) mass is 318 g/mol. The predicted octanol–water partition coefficient (Wildman–Crippen LogP) is 4.10. The third-order valence-corrected chi connectivity index (χ3v) is 4.83. The molecule has 1 unspecified atom stereocenters. The molecule has 1 atom stereocenters. The van der Waals surface area contributed by atoms with Gasteiger partial charge in [-0.15, -0.1) is 11.8 Å². The standard InChI is InChI=1S/C17H22N2O2S/c1-2-7-16(14(6-1)15-9-10-18-19-15)22-13-5-12-21-17-8-3-4-11-20-17/h1-2,6-7,9-10,17H,3-5,8,11-13H2,(H,18,19). The molecule has 118 valence electrons. The van der Waals surface area contributed by atoms with Crippen molar-refractivity contribution in [3.63, 3.8) is 0 Å². The number of ether oxygens (including phenoxy) is 2. The molecule has 0 amide bonds. The van der Waals surface area contributed by atoms with Gasteiger partial charge in [0.25, 0.3) is 0 Å². The van der Waals surface area contributed by atoms with Gasteiger partial charge in [0.2, 0.25) is 0 Å². The number of thioether (sulfide) groups is 1. The maximum atomic E-state index is 5.77. The summed E-state index contributed by atoms with van der Waals surface area (Å²) in [6, 6.07) is 10.4. The van der Waals surface area contributed by atoms with Crippen molar-refractivity contribution in [1.82, 2.24) is 10.2 Å². The van der Waals surface area contributed by atoms with Crippen molar-refractivity contribution in [3.05, 3.63) is 36.5 Å². The highest BCUT2D eigenvalue weighted by Crippen LogP contribution is 2.30. The molecule has 1 aromatic carbocycles. The van der Waals surface area contributed by atoms with Crippen LogP contribution < -0.4 is 0 Å². The van der Waals surface area contributed by atoms with Crippen LogP contribution in [0.2, 0.25) is 0 Å². The van der Waals surface area contributed by atoms with Gasteiger partial charge in [-0.25, -0.2) is 0 Å². The van der Waals surface area contributed by atoms with E-state index >= 15 is 0 Å². The van der Waals surface area contributed by atoms with Crippen LogP contribution in [0.3, 0.4) is 0 Å². The fourth-order valence-electron chi connectivity index (χ4n) is 2.52. The van der Waals surface area contributed by atoms with Crippen LogP contribution in [-0.4, -0.2) is 35.5 Å². The van der Waals surface area contributed by atoms with E-state index in [1.807, 2.05) is 17.8 Å². The largest absolute Gasteiger partial charge is 0.353 e. The number of nitrogens with zero attached hydrogens (tertiary/aromatic N) is 1. The molecule has 0 saturated carbocycles. The Labute approximate surface area is 135 Å². The predicted molar refractivity (Wildman–Crippen MR) is 88.9 cm³/mol. The summed E-state index contributed by atoms with van der Waals surface area (Å²) in [6.45, 7) is 1.61. The molecule has 5 heteroatoms. The van der Waals surface area contributed by atoms with E-state index in [1.54, 1.807) is 6.20 Å². The lowest BCUT2D eigenvalue weighted by atomic mass is 10.1. The third kappa shape index (κ3) is 4.35. The second kappa shape index (κ2) is 8.36. The number of rotatable bonds is 7. The van der Waals surface area contributed by atoms with Crippen LogP contribution in [0.25, 0.3) is 11.3 Å². The second-order valence-electron chi connectivity index (χ2n) is 5.34. The van der Waals surface area contributed by atoms with Gasteiger partial charge in [0.1, 0.15) is 0 Å². The van der Waals surface area contributed by atoms with E-state index in [1.165, 1.54) is 23.3 Å². The van der Waals surface area contributed by atoms with Gasteiger partial charge in [-0.3, -0.25) is 5.10 Å². The molecule has 3 rings (SSSR count). The topological polar surface area (TPSA) is 47.1 Å². The van der Waals surface area contributed by atoms with Crippen molar-refractivity contribution in [3.8, 4) is 11.3 Å². The van der Waals surface area contributed by atoms with E-state index in [2.05, 4.69) is 34.5 Å². The Balaban J connectivity index is 1.44. The highest BCUT2D eigenvalue weighted by atomic mass is 32.2. The Morgan fingerprint density at radius 3 is 3.05 bits per heavy atom. The first kappa shape index (κ1) is 15.6. The van der Waals surface area contributed by atoms with Gasteiger partial charge < -0.3 is 9.47 Å². The average Bonchev–Trinajstić information content (AvgIpc) is 3.10. The molecule has 1 saturated heterocycles. The second-order valence-corrected chi connectivity index (χ2v) is 6.47. The van der Waals surface area contributed by atoms with Crippen molar-refractivity contribution in [2.75, 3.05) is 19.0 Å². The van der Waals surface area contributed by atoms with Crippen LogP contribution in [0.5, 0.6) is 0 Å². The van der Waals surface area contributed by atoms with Crippen LogP contribution >= 0.6 is 11.8 Å². The zero-order valence-electron chi connectivity index (χ0n) is 12.7. The van der Waals surface area contributed by atoms with Crippen molar-refractivity contribution in [2.45, 2.75) is 36.9 Å². The van der Waals surface area contributed by atoms with E-state index < -0.39 is 0 Å². The van der Waals surface area contributed by atoms with Gasteiger partial charge >= 0.3 is 0 Å². The maximum Gasteiger partial charge on any atom is 0.157 e. The molecule has 1 aromatic heterocycles. The van der Waals surface area contributed by atoms with E-state index in [0.29, 0.717) is 0 Å².